The van der Waals surface area contributed by atoms with Gasteiger partial charge >= 0.3 is 0 Å². The van der Waals surface area contributed by atoms with Crippen LogP contribution in [0, 0.1) is 0 Å². The molecule has 1 amide bonds. The number of benzene rings is 1. The molecule has 0 fully saturated rings. The molecule has 1 heterocycles. The number of hydrogen-bond donors (Lipinski definition) is 1. The van der Waals surface area contributed by atoms with Crippen molar-refractivity contribution >= 4 is 40.2 Å². The Kier molecular flexibility index (Phi) is 7.04. The van der Waals surface area contributed by atoms with Gasteiger partial charge in [0.15, 0.2) is 5.16 Å². The molecule has 0 saturated carbocycles. The van der Waals surface area contributed by atoms with E-state index in [1.807, 2.05) is 6.92 Å². The van der Waals surface area contributed by atoms with Crippen molar-refractivity contribution in [1.29, 1.82) is 0 Å². The predicted octanol–water partition coefficient (Wildman–Crippen LogP) is 2.48. The first-order valence-corrected chi connectivity index (χ1v) is 9.04. The summed E-state index contributed by atoms with van der Waals surface area (Å²) in [6.45, 7) is 6.27. The zero-order valence-corrected chi connectivity index (χ0v) is 15.7. The molecule has 2 aromatic rings. The molecule has 2 rings (SSSR count). The maximum atomic E-state index is 12.7. The van der Waals surface area contributed by atoms with Crippen molar-refractivity contribution in [3.05, 3.63) is 46.2 Å². The lowest BCUT2D eigenvalue weighted by molar-refractivity contribution is -0.119. The molecule has 0 spiro atoms. The van der Waals surface area contributed by atoms with Crippen LogP contribution in [-0.2, 0) is 16.1 Å². The minimum absolute atomic E-state index is 0.0832. The van der Waals surface area contributed by atoms with E-state index in [-0.39, 0.29) is 23.3 Å². The fourth-order valence-electron chi connectivity index (χ4n) is 2.31. The van der Waals surface area contributed by atoms with Crippen molar-refractivity contribution in [3.8, 4) is 0 Å². The second kappa shape index (κ2) is 9.03. The predicted molar refractivity (Wildman–Crippen MR) is 101 cm³/mol. The number of nitrogens with one attached hydrogen (secondary N) is 1. The van der Waals surface area contributed by atoms with Crippen LogP contribution in [0.3, 0.4) is 0 Å². The Hall–Kier alpha value is -1.83. The van der Waals surface area contributed by atoms with Gasteiger partial charge in [-0.15, -0.1) is 6.58 Å². The molecule has 8 heteroatoms. The van der Waals surface area contributed by atoms with E-state index >= 15 is 0 Å². The van der Waals surface area contributed by atoms with Crippen LogP contribution in [0.4, 0.5) is 0 Å². The summed E-state index contributed by atoms with van der Waals surface area (Å²) in [5.41, 5.74) is 0.341. The number of hydrogen-bond acceptors (Lipinski definition) is 5. The molecule has 6 nitrogen and oxygen atoms in total. The molecule has 0 saturated heterocycles. The standard InChI is InChI=1S/C17H20ClN3O3S/c1-4-7-21-16(23)13-8-12(18)5-6-14(13)20-17(21)25-10-15(22)19-11(2)9-24-3/h4-6,8,11H,1,7,9-10H2,2-3H3,(H,19,22)/t11-/m1/s1. The second-order valence-corrected chi connectivity index (χ2v) is 6.85. The first kappa shape index (κ1) is 19.5. The average Bonchev–Trinajstić information content (AvgIpc) is 2.56. The number of aromatic nitrogens is 2. The molecule has 0 aliphatic heterocycles. The van der Waals surface area contributed by atoms with Crippen LogP contribution in [0.25, 0.3) is 10.9 Å². The van der Waals surface area contributed by atoms with E-state index < -0.39 is 0 Å². The monoisotopic (exact) mass is 381 g/mol. The number of methoxy groups -OCH3 is 1. The smallest absolute Gasteiger partial charge is 0.262 e. The lowest BCUT2D eigenvalue weighted by Gasteiger charge is -2.14. The quantitative estimate of drug-likeness (QED) is 0.432. The number of allylic oxidation sites excluding steroid dienone is 1. The highest BCUT2D eigenvalue weighted by molar-refractivity contribution is 7.99. The van der Waals surface area contributed by atoms with Gasteiger partial charge in [0, 0.05) is 24.7 Å². The Morgan fingerprint density at radius 1 is 1.56 bits per heavy atom. The summed E-state index contributed by atoms with van der Waals surface area (Å²) >= 11 is 7.18. The van der Waals surface area contributed by atoms with Gasteiger partial charge in [0.05, 0.1) is 23.3 Å². The minimum atomic E-state index is -0.206. The number of ether oxygens (including phenoxy) is 1. The highest BCUT2D eigenvalue weighted by Gasteiger charge is 2.14. The Morgan fingerprint density at radius 3 is 3.00 bits per heavy atom. The Labute approximate surface area is 155 Å². The van der Waals surface area contributed by atoms with Crippen LogP contribution in [-0.4, -0.2) is 41.0 Å². The topological polar surface area (TPSA) is 73.2 Å². The summed E-state index contributed by atoms with van der Waals surface area (Å²) in [4.78, 5) is 29.2. The Morgan fingerprint density at radius 2 is 2.32 bits per heavy atom. The highest BCUT2D eigenvalue weighted by atomic mass is 35.5. The van der Waals surface area contributed by atoms with Crippen LogP contribution in [0.2, 0.25) is 5.02 Å². The summed E-state index contributed by atoms with van der Waals surface area (Å²) in [7, 11) is 1.58. The third kappa shape index (κ3) is 5.07. The number of fused-ring (bicyclic) bond motifs is 1. The average molecular weight is 382 g/mol. The summed E-state index contributed by atoms with van der Waals surface area (Å²) in [6, 6.07) is 4.89. The Bertz CT molecular complexity index is 838. The van der Waals surface area contributed by atoms with E-state index in [9.17, 15) is 9.59 Å². The normalized spacial score (nSPS) is 12.1. The second-order valence-electron chi connectivity index (χ2n) is 5.47. The van der Waals surface area contributed by atoms with Crippen molar-refractivity contribution in [3.63, 3.8) is 0 Å². The third-order valence-electron chi connectivity index (χ3n) is 3.35. The van der Waals surface area contributed by atoms with Gasteiger partial charge in [-0.2, -0.15) is 0 Å². The van der Waals surface area contributed by atoms with Crippen LogP contribution in [0.5, 0.6) is 0 Å². The van der Waals surface area contributed by atoms with Gasteiger partial charge in [-0.25, -0.2) is 4.98 Å². The van der Waals surface area contributed by atoms with Gasteiger partial charge in [0.2, 0.25) is 5.91 Å². The zero-order chi connectivity index (χ0) is 18.4. The van der Waals surface area contributed by atoms with Gasteiger partial charge < -0.3 is 10.1 Å². The lowest BCUT2D eigenvalue weighted by Crippen LogP contribution is -2.36. The van der Waals surface area contributed by atoms with Gasteiger partial charge in [-0.05, 0) is 25.1 Å². The molecule has 134 valence electrons. The van der Waals surface area contributed by atoms with Gasteiger partial charge in [-0.1, -0.05) is 29.4 Å². The van der Waals surface area contributed by atoms with Crippen molar-refractivity contribution in [2.75, 3.05) is 19.5 Å². The van der Waals surface area contributed by atoms with Crippen molar-refractivity contribution in [1.82, 2.24) is 14.9 Å². The van der Waals surface area contributed by atoms with E-state index in [4.69, 9.17) is 16.3 Å². The number of amides is 1. The summed E-state index contributed by atoms with van der Waals surface area (Å²) < 4.78 is 6.48. The molecule has 0 aliphatic rings. The van der Waals surface area contributed by atoms with Crippen molar-refractivity contribution in [2.45, 2.75) is 24.7 Å². The van der Waals surface area contributed by atoms with Crippen LogP contribution >= 0.6 is 23.4 Å². The number of carbonyl (C=O) groups excluding carboxylic acids is 1. The molecule has 1 aromatic heterocycles. The van der Waals surface area contributed by atoms with Gasteiger partial charge in [0.1, 0.15) is 0 Å². The van der Waals surface area contributed by atoms with E-state index in [1.54, 1.807) is 31.4 Å². The van der Waals surface area contributed by atoms with Crippen LogP contribution in [0.1, 0.15) is 6.92 Å². The molecule has 0 bridgehead atoms. The maximum Gasteiger partial charge on any atom is 0.262 e. The van der Waals surface area contributed by atoms with Crippen molar-refractivity contribution < 1.29 is 9.53 Å². The Balaban J connectivity index is 2.26. The fourth-order valence-corrected chi connectivity index (χ4v) is 3.30. The number of nitrogens with zero attached hydrogens (tertiary/aromatic N) is 2. The molecule has 25 heavy (non-hydrogen) atoms. The van der Waals surface area contributed by atoms with Crippen LogP contribution < -0.4 is 10.9 Å². The molecular weight excluding hydrogens is 362 g/mol. The molecule has 0 radical (unpaired) electrons. The van der Waals surface area contributed by atoms with Gasteiger partial charge in [0.25, 0.3) is 5.56 Å². The van der Waals surface area contributed by atoms with Gasteiger partial charge in [-0.3, -0.25) is 14.2 Å². The van der Waals surface area contributed by atoms with Crippen LogP contribution in [0.15, 0.2) is 40.8 Å². The molecule has 0 unspecified atom stereocenters. The number of halogens is 1. The van der Waals surface area contributed by atoms with E-state index in [0.717, 1.165) is 0 Å². The SMILES string of the molecule is C=CCn1c(SCC(=O)N[C@H](C)COC)nc2ccc(Cl)cc2c1=O. The lowest BCUT2D eigenvalue weighted by atomic mass is 10.2. The molecule has 1 N–H and O–H groups in total. The summed E-state index contributed by atoms with van der Waals surface area (Å²) in [6.07, 6.45) is 1.62. The number of carbonyl (C=O) groups is 1. The van der Waals surface area contributed by atoms with Crippen molar-refractivity contribution in [2.24, 2.45) is 0 Å². The fraction of sp³-hybridized carbons (Fsp3) is 0.353. The molecule has 1 atom stereocenters. The minimum Gasteiger partial charge on any atom is -0.383 e. The largest absolute Gasteiger partial charge is 0.383 e. The first-order chi connectivity index (χ1) is 12.0. The zero-order valence-electron chi connectivity index (χ0n) is 14.1. The summed E-state index contributed by atoms with van der Waals surface area (Å²) in [5.74, 6) is 0.00153. The first-order valence-electron chi connectivity index (χ1n) is 7.68. The molecular formula is C17H20ClN3O3S. The number of thioether (sulfide) groups is 1. The molecule has 0 aliphatic carbocycles. The molecule has 1 aromatic carbocycles. The van der Waals surface area contributed by atoms with E-state index in [0.29, 0.717) is 34.2 Å². The highest BCUT2D eigenvalue weighted by Crippen LogP contribution is 2.20. The summed E-state index contributed by atoms with van der Waals surface area (Å²) in [5, 5.41) is 4.21. The third-order valence-corrected chi connectivity index (χ3v) is 4.56. The maximum absolute atomic E-state index is 12.7. The number of rotatable bonds is 8. The van der Waals surface area contributed by atoms with E-state index in [2.05, 4.69) is 16.9 Å². The van der Waals surface area contributed by atoms with E-state index in [1.165, 1.54) is 16.3 Å².